The molecule has 0 radical (unpaired) electrons. The predicted octanol–water partition coefficient (Wildman–Crippen LogP) is 2.32. The number of anilines is 1. The van der Waals surface area contributed by atoms with Crippen molar-refractivity contribution in [1.82, 2.24) is 5.32 Å². The van der Waals surface area contributed by atoms with Crippen LogP contribution in [-0.2, 0) is 9.59 Å². The summed E-state index contributed by atoms with van der Waals surface area (Å²) in [6.07, 6.45) is 3.71. The average Bonchev–Trinajstić information content (AvgIpc) is 3.12. The number of carbonyl (C=O) groups is 2. The fourth-order valence-corrected chi connectivity index (χ4v) is 4.08. The van der Waals surface area contributed by atoms with E-state index in [1.54, 1.807) is 4.90 Å². The first-order valence-corrected chi connectivity index (χ1v) is 8.89. The summed E-state index contributed by atoms with van der Waals surface area (Å²) in [5.41, 5.74) is 8.93. The molecule has 2 fully saturated rings. The lowest BCUT2D eigenvalue weighted by Gasteiger charge is -2.22. The molecule has 1 saturated carbocycles. The van der Waals surface area contributed by atoms with E-state index < -0.39 is 5.92 Å². The largest absolute Gasteiger partial charge is 0.352 e. The highest BCUT2D eigenvalue weighted by Gasteiger charge is 2.39. The lowest BCUT2D eigenvalue weighted by Crippen LogP contribution is -2.44. The van der Waals surface area contributed by atoms with Gasteiger partial charge in [-0.2, -0.15) is 0 Å². The average molecular weight is 366 g/mol. The molecule has 1 aromatic carbocycles. The predicted molar refractivity (Wildman–Crippen MR) is 102 cm³/mol. The Labute approximate surface area is 155 Å². The lowest BCUT2D eigenvalue weighted by molar-refractivity contribution is -0.132. The molecule has 138 valence electrons. The first-order chi connectivity index (χ1) is 11.5. The molecule has 2 amide bonds. The Balaban J connectivity index is 0.00000225. The smallest absolute Gasteiger partial charge is 0.239 e. The van der Waals surface area contributed by atoms with E-state index in [1.165, 1.54) is 0 Å². The van der Waals surface area contributed by atoms with E-state index in [-0.39, 0.29) is 30.3 Å². The second-order valence-corrected chi connectivity index (χ2v) is 7.22. The first-order valence-electron chi connectivity index (χ1n) is 8.89. The van der Waals surface area contributed by atoms with Crippen LogP contribution in [0.2, 0.25) is 0 Å². The van der Waals surface area contributed by atoms with E-state index in [0.717, 1.165) is 36.1 Å². The third-order valence-electron chi connectivity index (χ3n) is 5.33. The van der Waals surface area contributed by atoms with Gasteiger partial charge in [-0.15, -0.1) is 12.4 Å². The minimum atomic E-state index is -0.565. The van der Waals surface area contributed by atoms with Gasteiger partial charge in [0.05, 0.1) is 0 Å². The Hall–Kier alpha value is -1.59. The number of nitrogens with zero attached hydrogens (tertiary/aromatic N) is 1. The van der Waals surface area contributed by atoms with Gasteiger partial charge in [-0.25, -0.2) is 0 Å². The lowest BCUT2D eigenvalue weighted by atomic mass is 10.0. The van der Waals surface area contributed by atoms with Crippen molar-refractivity contribution >= 4 is 29.9 Å². The Bertz CT molecular complexity index is 629. The highest BCUT2D eigenvalue weighted by molar-refractivity contribution is 6.09. The van der Waals surface area contributed by atoms with E-state index in [2.05, 4.69) is 11.4 Å². The number of halogens is 1. The van der Waals surface area contributed by atoms with Crippen molar-refractivity contribution in [2.75, 3.05) is 18.0 Å². The van der Waals surface area contributed by atoms with Gasteiger partial charge in [0.25, 0.3) is 0 Å². The summed E-state index contributed by atoms with van der Waals surface area (Å²) in [7, 11) is 0. The number of nitrogens with one attached hydrogen (secondary N) is 1. The highest BCUT2D eigenvalue weighted by atomic mass is 35.5. The molecular formula is C19H28ClN3O2. The number of amides is 2. The van der Waals surface area contributed by atoms with Crippen molar-refractivity contribution in [3.63, 3.8) is 0 Å². The second kappa shape index (κ2) is 8.19. The van der Waals surface area contributed by atoms with Gasteiger partial charge in [0, 0.05) is 18.3 Å². The van der Waals surface area contributed by atoms with E-state index >= 15 is 0 Å². The molecule has 0 spiro atoms. The molecular weight excluding hydrogens is 338 g/mol. The monoisotopic (exact) mass is 365 g/mol. The van der Waals surface area contributed by atoms with E-state index in [0.29, 0.717) is 25.4 Å². The third kappa shape index (κ3) is 4.15. The number of benzene rings is 1. The summed E-state index contributed by atoms with van der Waals surface area (Å²) < 4.78 is 0. The van der Waals surface area contributed by atoms with Crippen molar-refractivity contribution in [1.29, 1.82) is 0 Å². The number of nitrogens with two attached hydrogens (primary N) is 1. The van der Waals surface area contributed by atoms with Crippen LogP contribution in [-0.4, -0.2) is 30.9 Å². The van der Waals surface area contributed by atoms with E-state index in [9.17, 15) is 9.59 Å². The number of hydrogen-bond donors (Lipinski definition) is 2. The molecule has 25 heavy (non-hydrogen) atoms. The summed E-state index contributed by atoms with van der Waals surface area (Å²) in [5, 5.41) is 3.08. The Morgan fingerprint density at radius 3 is 2.52 bits per heavy atom. The number of rotatable bonds is 4. The molecule has 3 N–H and O–H groups in total. The fourth-order valence-electron chi connectivity index (χ4n) is 4.08. The Kier molecular flexibility index (Phi) is 6.47. The molecule has 3 atom stereocenters. The van der Waals surface area contributed by atoms with Crippen molar-refractivity contribution < 1.29 is 9.59 Å². The van der Waals surface area contributed by atoms with Gasteiger partial charge in [0.2, 0.25) is 11.8 Å². The van der Waals surface area contributed by atoms with Crippen molar-refractivity contribution in [2.45, 2.75) is 45.6 Å². The maximum absolute atomic E-state index is 12.7. The maximum Gasteiger partial charge on any atom is 0.239 e. The fraction of sp³-hybridized carbons (Fsp3) is 0.579. The summed E-state index contributed by atoms with van der Waals surface area (Å²) in [6, 6.07) is 6.23. The number of hydrogen-bond acceptors (Lipinski definition) is 3. The molecule has 5 nitrogen and oxygen atoms in total. The molecule has 1 heterocycles. The SMILES string of the molecule is Cc1cc(C)cc(N2CCC(C(=O)NC3CCCC3CN)C2=O)c1.Cl. The molecule has 1 aliphatic heterocycles. The van der Waals surface area contributed by atoms with Gasteiger partial charge in [-0.05, 0) is 68.8 Å². The maximum atomic E-state index is 12.7. The minimum absolute atomic E-state index is 0. The molecule has 0 bridgehead atoms. The van der Waals surface area contributed by atoms with Crippen molar-refractivity contribution in [2.24, 2.45) is 17.6 Å². The summed E-state index contributed by atoms with van der Waals surface area (Å²) in [5.74, 6) is -0.428. The number of carbonyl (C=O) groups excluding carboxylic acids is 2. The van der Waals surface area contributed by atoms with Crippen LogP contribution in [0.25, 0.3) is 0 Å². The molecule has 3 unspecified atom stereocenters. The molecule has 6 heteroatoms. The molecule has 1 aliphatic carbocycles. The minimum Gasteiger partial charge on any atom is -0.352 e. The quantitative estimate of drug-likeness (QED) is 0.804. The van der Waals surface area contributed by atoms with Crippen LogP contribution in [0.5, 0.6) is 0 Å². The van der Waals surface area contributed by atoms with Crippen molar-refractivity contribution in [3.05, 3.63) is 29.3 Å². The first kappa shape index (κ1) is 19.7. The number of aryl methyl sites for hydroxylation is 2. The Morgan fingerprint density at radius 1 is 1.20 bits per heavy atom. The van der Waals surface area contributed by atoms with Gasteiger partial charge in [-0.1, -0.05) is 12.5 Å². The highest BCUT2D eigenvalue weighted by Crippen LogP contribution is 2.29. The second-order valence-electron chi connectivity index (χ2n) is 7.22. The molecule has 2 aliphatic rings. The van der Waals surface area contributed by atoms with Crippen molar-refractivity contribution in [3.8, 4) is 0 Å². The van der Waals surface area contributed by atoms with Crippen LogP contribution in [0, 0.1) is 25.7 Å². The summed E-state index contributed by atoms with van der Waals surface area (Å²) in [4.78, 5) is 27.1. The van der Waals surface area contributed by atoms with Gasteiger partial charge < -0.3 is 16.0 Å². The van der Waals surface area contributed by atoms with Gasteiger partial charge in [-0.3, -0.25) is 9.59 Å². The Morgan fingerprint density at radius 2 is 1.88 bits per heavy atom. The standard InChI is InChI=1S/C19H27N3O2.ClH/c1-12-8-13(2)10-15(9-12)22-7-6-16(19(22)24)18(23)21-17-5-3-4-14(17)11-20;/h8-10,14,16-17H,3-7,11,20H2,1-2H3,(H,21,23);1H. The molecule has 0 aromatic heterocycles. The molecule has 3 rings (SSSR count). The van der Waals surface area contributed by atoms with Crippen LogP contribution >= 0.6 is 12.4 Å². The van der Waals surface area contributed by atoms with Gasteiger partial charge >= 0.3 is 0 Å². The van der Waals surface area contributed by atoms with Crippen LogP contribution in [0.3, 0.4) is 0 Å². The van der Waals surface area contributed by atoms with E-state index in [4.69, 9.17) is 5.73 Å². The molecule has 1 saturated heterocycles. The molecule has 1 aromatic rings. The van der Waals surface area contributed by atoms with E-state index in [1.807, 2.05) is 26.0 Å². The van der Waals surface area contributed by atoms with Crippen LogP contribution in [0.4, 0.5) is 5.69 Å². The van der Waals surface area contributed by atoms with Crippen LogP contribution in [0.1, 0.15) is 36.8 Å². The zero-order valence-electron chi connectivity index (χ0n) is 15.0. The van der Waals surface area contributed by atoms with Crippen LogP contribution in [0.15, 0.2) is 18.2 Å². The normalized spacial score (nSPS) is 25.8. The van der Waals surface area contributed by atoms with Gasteiger partial charge in [0.15, 0.2) is 0 Å². The zero-order chi connectivity index (χ0) is 17.3. The summed E-state index contributed by atoms with van der Waals surface area (Å²) >= 11 is 0. The van der Waals surface area contributed by atoms with Crippen LogP contribution < -0.4 is 16.0 Å². The third-order valence-corrected chi connectivity index (χ3v) is 5.33. The summed E-state index contributed by atoms with van der Waals surface area (Å²) in [6.45, 7) is 5.24. The topological polar surface area (TPSA) is 75.4 Å². The van der Waals surface area contributed by atoms with Gasteiger partial charge in [0.1, 0.15) is 5.92 Å². The zero-order valence-corrected chi connectivity index (χ0v) is 15.8.